The number of carbonyl (C=O) groups is 1. The Hall–Kier alpha value is -0.910. The number of nitrogens with two attached hydrogens (primary N) is 2. The van der Waals surface area contributed by atoms with Gasteiger partial charge in [-0.1, -0.05) is 47.5 Å². The first kappa shape index (κ1) is 16.5. The molecule has 1 amide bonds. The van der Waals surface area contributed by atoms with Crippen molar-refractivity contribution in [1.82, 2.24) is 4.90 Å². The van der Waals surface area contributed by atoms with E-state index in [-0.39, 0.29) is 24.0 Å². The van der Waals surface area contributed by atoms with Crippen LogP contribution in [-0.4, -0.2) is 29.4 Å². The summed E-state index contributed by atoms with van der Waals surface area (Å²) in [5, 5.41) is 0. The van der Waals surface area contributed by atoms with Gasteiger partial charge in [0.25, 0.3) is 0 Å². The quantitative estimate of drug-likeness (QED) is 0.854. The van der Waals surface area contributed by atoms with Crippen LogP contribution in [0.15, 0.2) is 28.7 Å². The van der Waals surface area contributed by atoms with E-state index in [0.29, 0.717) is 0 Å². The van der Waals surface area contributed by atoms with E-state index in [1.807, 2.05) is 18.2 Å². The van der Waals surface area contributed by atoms with Gasteiger partial charge >= 0.3 is 0 Å². The maximum absolute atomic E-state index is 11.8. The van der Waals surface area contributed by atoms with Gasteiger partial charge in [0.05, 0.1) is 12.1 Å². The summed E-state index contributed by atoms with van der Waals surface area (Å²) in [6, 6.07) is 7.88. The molecule has 1 saturated heterocycles. The van der Waals surface area contributed by atoms with E-state index in [4.69, 9.17) is 11.5 Å². The summed E-state index contributed by atoms with van der Waals surface area (Å²) in [6.45, 7) is 2.95. The fourth-order valence-corrected chi connectivity index (χ4v) is 3.71. The Kier molecular flexibility index (Phi) is 5.79. The van der Waals surface area contributed by atoms with E-state index in [2.05, 4.69) is 33.8 Å². The Labute approximate surface area is 135 Å². The van der Waals surface area contributed by atoms with Crippen LogP contribution in [-0.2, 0) is 4.79 Å². The Morgan fingerprint density at radius 1 is 1.43 bits per heavy atom. The molecule has 0 spiro atoms. The van der Waals surface area contributed by atoms with Crippen LogP contribution in [0.5, 0.6) is 0 Å². The molecule has 1 aromatic rings. The fraction of sp³-hybridized carbons (Fsp3) is 0.562. The second-order valence-electron chi connectivity index (χ2n) is 5.69. The molecular formula is C16H24BrN3O. The van der Waals surface area contributed by atoms with Crippen LogP contribution in [0.3, 0.4) is 0 Å². The molecule has 1 aromatic carbocycles. The molecule has 0 radical (unpaired) electrons. The third kappa shape index (κ3) is 3.65. The zero-order valence-electron chi connectivity index (χ0n) is 12.5. The highest BCUT2D eigenvalue weighted by atomic mass is 79.9. The van der Waals surface area contributed by atoms with Crippen LogP contribution in [0.4, 0.5) is 0 Å². The summed E-state index contributed by atoms with van der Waals surface area (Å²) in [5.74, 6) is -0.241. The summed E-state index contributed by atoms with van der Waals surface area (Å²) in [6.07, 6.45) is 3.82. The summed E-state index contributed by atoms with van der Waals surface area (Å²) >= 11 is 3.62. The Balaban J connectivity index is 2.39. The highest BCUT2D eigenvalue weighted by Crippen LogP contribution is 2.35. The first-order valence-electron chi connectivity index (χ1n) is 7.61. The fourth-order valence-electron chi connectivity index (χ4n) is 3.19. The first-order valence-corrected chi connectivity index (χ1v) is 8.40. The van der Waals surface area contributed by atoms with Crippen molar-refractivity contribution in [1.29, 1.82) is 0 Å². The minimum atomic E-state index is -0.241. The molecule has 1 aliphatic rings. The molecule has 3 unspecified atom stereocenters. The summed E-state index contributed by atoms with van der Waals surface area (Å²) in [7, 11) is 0. The average Bonchev–Trinajstić information content (AvgIpc) is 2.49. The molecule has 116 valence electrons. The van der Waals surface area contributed by atoms with Gasteiger partial charge in [-0.2, -0.15) is 0 Å². The molecule has 21 heavy (non-hydrogen) atoms. The van der Waals surface area contributed by atoms with Gasteiger partial charge in [-0.05, 0) is 37.4 Å². The number of benzene rings is 1. The number of hydrogen-bond acceptors (Lipinski definition) is 3. The minimum Gasteiger partial charge on any atom is -0.368 e. The second-order valence-corrected chi connectivity index (χ2v) is 6.54. The molecule has 4 nitrogen and oxygen atoms in total. The number of likely N-dealkylation sites (tertiary alicyclic amines) is 1. The smallest absolute Gasteiger partial charge is 0.234 e. The highest BCUT2D eigenvalue weighted by Gasteiger charge is 2.36. The lowest BCUT2D eigenvalue weighted by Crippen LogP contribution is -2.53. The molecule has 1 heterocycles. The van der Waals surface area contributed by atoms with Crippen molar-refractivity contribution in [3.63, 3.8) is 0 Å². The van der Waals surface area contributed by atoms with Crippen molar-refractivity contribution < 1.29 is 4.79 Å². The third-order valence-electron chi connectivity index (χ3n) is 4.33. The molecule has 4 N–H and O–H groups in total. The van der Waals surface area contributed by atoms with Gasteiger partial charge in [0.15, 0.2) is 0 Å². The standard InChI is InChI=1S/C16H24BrN3O/c1-2-13(18)15(11-7-3-4-8-12(11)17)20-10-6-5-9-14(20)16(19)21/h3-4,7-8,13-15H,2,5-6,9-10,18H2,1H3,(H2,19,21). The lowest BCUT2D eigenvalue weighted by Gasteiger charge is -2.42. The maximum Gasteiger partial charge on any atom is 0.234 e. The number of hydrogen-bond donors (Lipinski definition) is 2. The summed E-state index contributed by atoms with van der Waals surface area (Å²) in [4.78, 5) is 14.0. The van der Waals surface area contributed by atoms with Crippen molar-refractivity contribution in [2.24, 2.45) is 11.5 Å². The molecule has 0 bridgehead atoms. The highest BCUT2D eigenvalue weighted by molar-refractivity contribution is 9.10. The molecule has 0 aromatic heterocycles. The van der Waals surface area contributed by atoms with Crippen molar-refractivity contribution >= 4 is 21.8 Å². The van der Waals surface area contributed by atoms with Gasteiger partial charge in [0.2, 0.25) is 5.91 Å². The van der Waals surface area contributed by atoms with Crippen molar-refractivity contribution in [3.05, 3.63) is 34.3 Å². The number of rotatable bonds is 5. The SMILES string of the molecule is CCC(N)C(c1ccccc1Br)N1CCCCC1C(N)=O. The largest absolute Gasteiger partial charge is 0.368 e. The van der Waals surface area contributed by atoms with Crippen LogP contribution in [0.2, 0.25) is 0 Å². The number of carbonyl (C=O) groups excluding carboxylic acids is 1. The molecular weight excluding hydrogens is 330 g/mol. The van der Waals surface area contributed by atoms with Crippen LogP contribution in [0.25, 0.3) is 0 Å². The van der Waals surface area contributed by atoms with Crippen molar-refractivity contribution in [2.45, 2.75) is 50.7 Å². The Morgan fingerprint density at radius 2 is 2.14 bits per heavy atom. The monoisotopic (exact) mass is 353 g/mol. The normalized spacial score (nSPS) is 22.7. The first-order chi connectivity index (χ1) is 10.1. The molecule has 3 atom stereocenters. The number of piperidine rings is 1. The molecule has 0 saturated carbocycles. The zero-order chi connectivity index (χ0) is 15.4. The second kappa shape index (κ2) is 7.38. The molecule has 1 aliphatic heterocycles. The van der Waals surface area contributed by atoms with Crippen LogP contribution >= 0.6 is 15.9 Å². The van der Waals surface area contributed by atoms with Gasteiger partial charge in [-0.15, -0.1) is 0 Å². The number of primary amides is 1. The van der Waals surface area contributed by atoms with E-state index in [1.165, 1.54) is 0 Å². The number of halogens is 1. The van der Waals surface area contributed by atoms with E-state index in [0.717, 1.165) is 42.3 Å². The van der Waals surface area contributed by atoms with Gasteiger partial charge < -0.3 is 11.5 Å². The van der Waals surface area contributed by atoms with Crippen molar-refractivity contribution in [2.75, 3.05) is 6.54 Å². The summed E-state index contributed by atoms with van der Waals surface area (Å²) in [5.41, 5.74) is 13.2. The van der Waals surface area contributed by atoms with Crippen molar-refractivity contribution in [3.8, 4) is 0 Å². The predicted octanol–water partition coefficient (Wildman–Crippen LogP) is 2.57. The molecule has 0 aliphatic carbocycles. The van der Waals surface area contributed by atoms with Gasteiger partial charge in [0, 0.05) is 10.5 Å². The molecule has 1 fully saturated rings. The number of amides is 1. The van der Waals surface area contributed by atoms with E-state index in [1.54, 1.807) is 0 Å². The maximum atomic E-state index is 11.8. The van der Waals surface area contributed by atoms with Gasteiger partial charge in [0.1, 0.15) is 0 Å². The average molecular weight is 354 g/mol. The van der Waals surface area contributed by atoms with Gasteiger partial charge in [-0.25, -0.2) is 0 Å². The predicted molar refractivity (Wildman–Crippen MR) is 88.7 cm³/mol. The van der Waals surface area contributed by atoms with Crippen LogP contribution < -0.4 is 11.5 Å². The number of nitrogens with zero attached hydrogens (tertiary/aromatic N) is 1. The Bertz CT molecular complexity index is 494. The van der Waals surface area contributed by atoms with E-state index < -0.39 is 0 Å². The van der Waals surface area contributed by atoms with E-state index >= 15 is 0 Å². The van der Waals surface area contributed by atoms with E-state index in [9.17, 15) is 4.79 Å². The lowest BCUT2D eigenvalue weighted by molar-refractivity contribution is -0.125. The third-order valence-corrected chi connectivity index (χ3v) is 5.05. The molecule has 2 rings (SSSR count). The summed E-state index contributed by atoms with van der Waals surface area (Å²) < 4.78 is 1.03. The van der Waals surface area contributed by atoms with Gasteiger partial charge in [-0.3, -0.25) is 9.69 Å². The zero-order valence-corrected chi connectivity index (χ0v) is 14.1. The van der Waals surface area contributed by atoms with Crippen LogP contribution in [0.1, 0.15) is 44.2 Å². The minimum absolute atomic E-state index is 0.0170. The topological polar surface area (TPSA) is 72.3 Å². The van der Waals surface area contributed by atoms with Crippen LogP contribution in [0, 0.1) is 0 Å². The lowest BCUT2D eigenvalue weighted by atomic mass is 9.91. The molecule has 5 heteroatoms. The Morgan fingerprint density at radius 3 is 2.76 bits per heavy atom.